The average Bonchev–Trinajstić information content (AvgIpc) is 3.21. The summed E-state index contributed by atoms with van der Waals surface area (Å²) in [4.78, 5) is 27.6. The van der Waals surface area contributed by atoms with Crippen molar-refractivity contribution in [3.05, 3.63) is 105 Å². The second-order valence-corrected chi connectivity index (χ2v) is 8.69. The molecule has 0 aliphatic carbocycles. The number of nitrogens with zero attached hydrogens (tertiary/aromatic N) is 4. The number of carbonyl (C=O) groups is 1. The van der Waals surface area contributed by atoms with Crippen LogP contribution in [0.25, 0.3) is 17.1 Å². The molecule has 176 valence electrons. The lowest BCUT2D eigenvalue weighted by atomic mass is 10.2. The Morgan fingerprint density at radius 3 is 2.69 bits per heavy atom. The fourth-order valence-electron chi connectivity index (χ4n) is 3.37. The number of nitro groups is 1. The smallest absolute Gasteiger partial charge is 0.276 e. The lowest BCUT2D eigenvalue weighted by molar-refractivity contribution is -0.385. The fourth-order valence-corrected chi connectivity index (χ4v) is 4.37. The summed E-state index contributed by atoms with van der Waals surface area (Å²) in [6.07, 6.45) is 4.45. The number of aromatic nitrogens is 2. The molecule has 0 unspecified atom stereocenters. The summed E-state index contributed by atoms with van der Waals surface area (Å²) in [7, 11) is 0. The lowest BCUT2D eigenvalue weighted by Gasteiger charge is -2.10. The minimum absolute atomic E-state index is 0.00253. The van der Waals surface area contributed by atoms with E-state index < -0.39 is 4.92 Å². The zero-order chi connectivity index (χ0) is 24.6. The average molecular weight is 506 g/mol. The molecule has 8 nitrogen and oxygen atoms in total. The Bertz CT molecular complexity index is 1430. The van der Waals surface area contributed by atoms with E-state index in [0.717, 1.165) is 16.6 Å². The molecule has 0 atom stereocenters. The van der Waals surface area contributed by atoms with Gasteiger partial charge in [0.1, 0.15) is 0 Å². The summed E-state index contributed by atoms with van der Waals surface area (Å²) in [6, 6.07) is 21.8. The molecule has 1 N–H and O–H groups in total. The molecule has 0 saturated heterocycles. The van der Waals surface area contributed by atoms with E-state index in [-0.39, 0.29) is 17.3 Å². The van der Waals surface area contributed by atoms with Gasteiger partial charge in [0.05, 0.1) is 33.8 Å². The van der Waals surface area contributed by atoms with Crippen molar-refractivity contribution in [3.63, 3.8) is 0 Å². The first-order valence-electron chi connectivity index (χ1n) is 10.6. The van der Waals surface area contributed by atoms with Crippen LogP contribution in [0.2, 0.25) is 5.02 Å². The number of rotatable bonds is 9. The topological polar surface area (TPSA) is 102 Å². The van der Waals surface area contributed by atoms with Crippen LogP contribution in [0.1, 0.15) is 11.1 Å². The van der Waals surface area contributed by atoms with Crippen molar-refractivity contribution in [3.8, 4) is 0 Å². The first kappa shape index (κ1) is 24.2. The molecule has 1 heterocycles. The van der Waals surface area contributed by atoms with Crippen LogP contribution in [0.15, 0.2) is 89.1 Å². The molecule has 0 radical (unpaired) electrons. The van der Waals surface area contributed by atoms with Crippen molar-refractivity contribution in [2.24, 2.45) is 5.10 Å². The van der Waals surface area contributed by atoms with Gasteiger partial charge >= 0.3 is 0 Å². The number of thioether (sulfide) groups is 1. The van der Waals surface area contributed by atoms with Gasteiger partial charge in [-0.2, -0.15) is 5.10 Å². The number of nitro benzene ring substituents is 1. The maximum Gasteiger partial charge on any atom is 0.276 e. The Labute approximate surface area is 210 Å². The Morgan fingerprint density at radius 2 is 1.86 bits per heavy atom. The molecule has 4 aromatic rings. The Balaban J connectivity index is 1.39. The van der Waals surface area contributed by atoms with Crippen LogP contribution in [0.4, 0.5) is 5.69 Å². The van der Waals surface area contributed by atoms with Gasteiger partial charge in [0.2, 0.25) is 0 Å². The molecular weight excluding hydrogens is 486 g/mol. The Morgan fingerprint density at radius 1 is 1.11 bits per heavy atom. The highest BCUT2D eigenvalue weighted by molar-refractivity contribution is 7.99. The maximum atomic E-state index is 12.3. The van der Waals surface area contributed by atoms with Crippen LogP contribution in [0.5, 0.6) is 0 Å². The van der Waals surface area contributed by atoms with E-state index >= 15 is 0 Å². The molecular formula is C25H20ClN5O3S. The summed E-state index contributed by atoms with van der Waals surface area (Å²) < 4.78 is 2.03. The van der Waals surface area contributed by atoms with Crippen molar-refractivity contribution in [2.75, 3.05) is 5.75 Å². The van der Waals surface area contributed by atoms with Gasteiger partial charge < -0.3 is 4.57 Å². The molecule has 10 heteroatoms. The third-order valence-electron chi connectivity index (χ3n) is 5.00. The van der Waals surface area contributed by atoms with Gasteiger partial charge in [0.15, 0.2) is 5.16 Å². The lowest BCUT2D eigenvalue weighted by Crippen LogP contribution is -2.19. The van der Waals surface area contributed by atoms with E-state index in [4.69, 9.17) is 11.6 Å². The highest BCUT2D eigenvalue weighted by Gasteiger charge is 2.14. The van der Waals surface area contributed by atoms with Gasteiger partial charge in [-0.25, -0.2) is 10.4 Å². The van der Waals surface area contributed by atoms with Crippen LogP contribution in [0.3, 0.4) is 0 Å². The van der Waals surface area contributed by atoms with Crippen molar-refractivity contribution in [1.82, 2.24) is 15.0 Å². The molecule has 4 rings (SSSR count). The third-order valence-corrected chi connectivity index (χ3v) is 6.34. The second kappa shape index (κ2) is 11.5. The van der Waals surface area contributed by atoms with Gasteiger partial charge in [-0.05, 0) is 42.0 Å². The number of fused-ring (bicyclic) bond motifs is 1. The fraction of sp³-hybridized carbons (Fsp3) is 0.0800. The van der Waals surface area contributed by atoms with Gasteiger partial charge in [-0.3, -0.25) is 14.9 Å². The number of benzene rings is 3. The van der Waals surface area contributed by atoms with Gasteiger partial charge in [0.25, 0.3) is 11.6 Å². The standard InChI is InChI=1S/C25H20ClN5O3S/c26-20-11-3-1-9-19(20)16-30-23-14-6-4-12-21(23)28-25(30)35-17-24(32)29-27-15-7-10-18-8-2-5-13-22(18)31(33)34/h1-15H,16-17H2,(H,29,32). The first-order chi connectivity index (χ1) is 17.0. The number of hydrogen-bond acceptors (Lipinski definition) is 6. The van der Waals surface area contributed by atoms with Crippen LogP contribution in [0, 0.1) is 10.1 Å². The molecule has 0 fully saturated rings. The van der Waals surface area contributed by atoms with Crippen molar-refractivity contribution in [2.45, 2.75) is 11.7 Å². The summed E-state index contributed by atoms with van der Waals surface area (Å²) in [5, 5.41) is 16.3. The molecule has 0 aliphatic rings. The van der Waals surface area contributed by atoms with Crippen molar-refractivity contribution in [1.29, 1.82) is 0 Å². The van der Waals surface area contributed by atoms with E-state index in [2.05, 4.69) is 15.5 Å². The number of para-hydroxylation sites is 3. The zero-order valence-corrected chi connectivity index (χ0v) is 19.9. The highest BCUT2D eigenvalue weighted by atomic mass is 35.5. The summed E-state index contributed by atoms with van der Waals surface area (Å²) in [5.74, 6) is -0.196. The van der Waals surface area contributed by atoms with Crippen molar-refractivity contribution >= 4 is 58.3 Å². The van der Waals surface area contributed by atoms with E-state index in [1.165, 1.54) is 30.1 Å². The number of hydrazone groups is 1. The van der Waals surface area contributed by atoms with E-state index in [0.29, 0.717) is 22.3 Å². The van der Waals surface area contributed by atoms with Crippen LogP contribution in [-0.2, 0) is 11.3 Å². The molecule has 1 amide bonds. The molecule has 0 aliphatic heterocycles. The van der Waals surface area contributed by atoms with E-state index in [1.54, 1.807) is 24.3 Å². The number of hydrogen-bond donors (Lipinski definition) is 1. The van der Waals surface area contributed by atoms with E-state index in [1.807, 2.05) is 53.1 Å². The number of halogens is 1. The number of imidazole rings is 1. The largest absolute Gasteiger partial charge is 0.314 e. The second-order valence-electron chi connectivity index (χ2n) is 7.34. The number of allylic oxidation sites excluding steroid dienone is 1. The van der Waals surface area contributed by atoms with Gasteiger partial charge in [0, 0.05) is 17.3 Å². The number of amides is 1. The van der Waals surface area contributed by atoms with Crippen molar-refractivity contribution < 1.29 is 9.72 Å². The Kier molecular flexibility index (Phi) is 7.92. The van der Waals surface area contributed by atoms with Crippen LogP contribution < -0.4 is 5.43 Å². The summed E-state index contributed by atoms with van der Waals surface area (Å²) in [5.41, 5.74) is 5.64. The number of carbonyl (C=O) groups excluding carboxylic acids is 1. The minimum Gasteiger partial charge on any atom is -0.314 e. The summed E-state index contributed by atoms with van der Waals surface area (Å²) in [6.45, 7) is 0.526. The Hall–Kier alpha value is -3.95. The first-order valence-corrected chi connectivity index (χ1v) is 11.9. The number of nitrogens with one attached hydrogen (secondary N) is 1. The summed E-state index contributed by atoms with van der Waals surface area (Å²) >= 11 is 7.66. The molecule has 35 heavy (non-hydrogen) atoms. The molecule has 0 spiro atoms. The normalized spacial score (nSPS) is 11.5. The monoisotopic (exact) mass is 505 g/mol. The third kappa shape index (κ3) is 6.14. The molecule has 1 aromatic heterocycles. The minimum atomic E-state index is -0.450. The van der Waals surface area contributed by atoms with Gasteiger partial charge in [-0.1, -0.05) is 65.8 Å². The maximum absolute atomic E-state index is 12.3. The van der Waals surface area contributed by atoms with E-state index in [9.17, 15) is 14.9 Å². The van der Waals surface area contributed by atoms with Gasteiger partial charge in [-0.15, -0.1) is 0 Å². The molecule has 0 bridgehead atoms. The predicted molar refractivity (Wildman–Crippen MR) is 140 cm³/mol. The SMILES string of the molecule is O=C(CSc1nc2ccccc2n1Cc1ccccc1Cl)NN=CC=Cc1ccccc1[N+](=O)[O-]. The molecule has 0 saturated carbocycles. The zero-order valence-electron chi connectivity index (χ0n) is 18.4. The van der Waals surface area contributed by atoms with Crippen LogP contribution in [-0.4, -0.2) is 32.3 Å². The van der Waals surface area contributed by atoms with Crippen LogP contribution >= 0.6 is 23.4 Å². The predicted octanol–water partition coefficient (Wildman–Crippen LogP) is 5.55. The highest BCUT2D eigenvalue weighted by Crippen LogP contribution is 2.27. The molecule has 3 aromatic carbocycles. The quantitative estimate of drug-likeness (QED) is 0.139.